The van der Waals surface area contributed by atoms with Gasteiger partial charge in [-0.05, 0) is 30.5 Å². The molecule has 2 amide bonds. The highest BCUT2D eigenvalue weighted by Gasteiger charge is 2.31. The maximum absolute atomic E-state index is 13.1. The number of benzene rings is 1. The van der Waals surface area contributed by atoms with Crippen molar-refractivity contribution in [2.24, 2.45) is 5.10 Å². The number of likely N-dealkylation sites (tertiary alicyclic amines) is 1. The van der Waals surface area contributed by atoms with Gasteiger partial charge in [0.05, 0.1) is 6.54 Å². The van der Waals surface area contributed by atoms with E-state index >= 15 is 0 Å². The number of amides is 2. The molecule has 1 fully saturated rings. The van der Waals surface area contributed by atoms with Crippen LogP contribution in [0.1, 0.15) is 36.9 Å². The maximum Gasteiger partial charge on any atom is 0.270 e. The van der Waals surface area contributed by atoms with Gasteiger partial charge in [-0.15, -0.1) is 0 Å². The fraction of sp³-hybridized carbons (Fsp3) is 0.440. The molecule has 32 heavy (non-hydrogen) atoms. The van der Waals surface area contributed by atoms with E-state index in [1.165, 1.54) is 5.01 Å². The average molecular weight is 434 g/mol. The smallest absolute Gasteiger partial charge is 0.270 e. The first-order chi connectivity index (χ1) is 15.6. The normalized spacial score (nSPS) is 17.8. The summed E-state index contributed by atoms with van der Waals surface area (Å²) in [6, 6.07) is 16.0. The van der Waals surface area contributed by atoms with Crippen molar-refractivity contribution < 1.29 is 9.59 Å². The molecule has 2 aliphatic heterocycles. The van der Waals surface area contributed by atoms with Gasteiger partial charge in [0.2, 0.25) is 5.91 Å². The Balaban J connectivity index is 1.30. The number of nitrogens with zero attached hydrogens (tertiary/aromatic N) is 5. The monoisotopic (exact) mass is 433 g/mol. The zero-order valence-electron chi connectivity index (χ0n) is 18.7. The second kappa shape index (κ2) is 10.5. The lowest BCUT2D eigenvalue weighted by Crippen LogP contribution is -2.49. The van der Waals surface area contributed by atoms with Crippen LogP contribution in [0.2, 0.25) is 0 Å². The summed E-state index contributed by atoms with van der Waals surface area (Å²) in [7, 11) is 1.87. The van der Waals surface area contributed by atoms with Crippen molar-refractivity contribution in [3.63, 3.8) is 0 Å². The molecule has 0 spiro atoms. The van der Waals surface area contributed by atoms with Crippen LogP contribution in [0.4, 0.5) is 0 Å². The highest BCUT2D eigenvalue weighted by molar-refractivity contribution is 6.39. The number of hydrogen-bond acceptors (Lipinski definition) is 5. The number of pyridine rings is 1. The van der Waals surface area contributed by atoms with E-state index < -0.39 is 0 Å². The lowest BCUT2D eigenvalue weighted by atomic mass is 10.0. The lowest BCUT2D eigenvalue weighted by Gasteiger charge is -2.37. The van der Waals surface area contributed by atoms with Gasteiger partial charge in [-0.2, -0.15) is 5.10 Å². The molecule has 2 aromatic rings. The molecule has 1 saturated heterocycles. The summed E-state index contributed by atoms with van der Waals surface area (Å²) in [6.45, 7) is 3.33. The van der Waals surface area contributed by atoms with Gasteiger partial charge in [0.25, 0.3) is 5.91 Å². The van der Waals surface area contributed by atoms with Crippen LogP contribution in [-0.2, 0) is 22.6 Å². The van der Waals surface area contributed by atoms with Crippen LogP contribution < -0.4 is 0 Å². The van der Waals surface area contributed by atoms with Crippen molar-refractivity contribution in [1.82, 2.24) is 19.8 Å². The number of aromatic nitrogens is 1. The Kier molecular flexibility index (Phi) is 7.27. The molecular formula is C25H31N5O2. The Morgan fingerprint density at radius 1 is 1.06 bits per heavy atom. The van der Waals surface area contributed by atoms with Gasteiger partial charge < -0.3 is 9.80 Å². The van der Waals surface area contributed by atoms with Crippen molar-refractivity contribution in [2.75, 3.05) is 26.7 Å². The summed E-state index contributed by atoms with van der Waals surface area (Å²) in [4.78, 5) is 34.1. The predicted molar refractivity (Wildman–Crippen MR) is 124 cm³/mol. The van der Waals surface area contributed by atoms with Gasteiger partial charge in [0, 0.05) is 63.9 Å². The van der Waals surface area contributed by atoms with Crippen LogP contribution in [0, 0.1) is 0 Å². The molecule has 0 atom stereocenters. The Morgan fingerprint density at radius 2 is 1.81 bits per heavy atom. The van der Waals surface area contributed by atoms with E-state index in [0.29, 0.717) is 25.1 Å². The third-order valence-electron chi connectivity index (χ3n) is 6.36. The summed E-state index contributed by atoms with van der Waals surface area (Å²) in [6.07, 6.45) is 5.43. The Bertz CT molecular complexity index is 939. The first-order valence-electron chi connectivity index (χ1n) is 11.4. The van der Waals surface area contributed by atoms with Crippen LogP contribution in [0.5, 0.6) is 0 Å². The van der Waals surface area contributed by atoms with E-state index in [9.17, 15) is 9.59 Å². The van der Waals surface area contributed by atoms with Crippen LogP contribution in [0.3, 0.4) is 0 Å². The van der Waals surface area contributed by atoms with Crippen molar-refractivity contribution in [3.05, 3.63) is 66.0 Å². The van der Waals surface area contributed by atoms with E-state index in [-0.39, 0.29) is 17.9 Å². The molecule has 1 aromatic carbocycles. The summed E-state index contributed by atoms with van der Waals surface area (Å²) >= 11 is 0. The Hall–Kier alpha value is -3.06. The number of rotatable bonds is 7. The molecule has 0 N–H and O–H groups in total. The lowest BCUT2D eigenvalue weighted by molar-refractivity contribution is -0.132. The molecule has 7 heteroatoms. The number of carbonyl (C=O) groups is 2. The summed E-state index contributed by atoms with van der Waals surface area (Å²) < 4.78 is 0. The SMILES string of the molecule is CN(C(=O)C1=NN(Cc2ccccc2)C(=O)CC1)C1CCN(CCc2ccccn2)CC1. The predicted octanol–water partition coefficient (Wildman–Crippen LogP) is 2.73. The molecule has 7 nitrogen and oxygen atoms in total. The highest BCUT2D eigenvalue weighted by atomic mass is 16.2. The molecular weight excluding hydrogens is 402 g/mol. The van der Waals surface area contributed by atoms with Gasteiger partial charge in [-0.1, -0.05) is 36.4 Å². The van der Waals surface area contributed by atoms with Crippen molar-refractivity contribution in [1.29, 1.82) is 0 Å². The minimum absolute atomic E-state index is 0.0331. The van der Waals surface area contributed by atoms with Gasteiger partial charge in [-0.3, -0.25) is 14.6 Å². The Morgan fingerprint density at radius 3 is 2.53 bits per heavy atom. The standard InChI is InChI=1S/C25H31N5O2/c1-28(22-13-17-29(18-14-22)16-12-21-9-5-6-15-26-21)25(32)23-10-11-24(31)30(27-23)19-20-7-3-2-4-8-20/h2-9,15,22H,10-14,16-19H2,1H3. The van der Waals surface area contributed by atoms with Crippen LogP contribution in [-0.4, -0.2) is 70.0 Å². The maximum atomic E-state index is 13.1. The van der Waals surface area contributed by atoms with Gasteiger partial charge >= 0.3 is 0 Å². The van der Waals surface area contributed by atoms with E-state index in [4.69, 9.17) is 0 Å². The number of carbonyl (C=O) groups excluding carboxylic acids is 2. The second-order valence-electron chi connectivity index (χ2n) is 8.54. The van der Waals surface area contributed by atoms with E-state index in [1.54, 1.807) is 0 Å². The molecule has 168 valence electrons. The first-order valence-corrected chi connectivity index (χ1v) is 11.4. The fourth-order valence-corrected chi connectivity index (χ4v) is 4.35. The third-order valence-corrected chi connectivity index (χ3v) is 6.36. The molecule has 2 aliphatic rings. The minimum atomic E-state index is -0.0532. The zero-order chi connectivity index (χ0) is 22.3. The second-order valence-corrected chi connectivity index (χ2v) is 8.54. The largest absolute Gasteiger partial charge is 0.338 e. The summed E-state index contributed by atoms with van der Waals surface area (Å²) in [5.41, 5.74) is 2.61. The zero-order valence-corrected chi connectivity index (χ0v) is 18.7. The molecule has 0 radical (unpaired) electrons. The van der Waals surface area contributed by atoms with Crippen LogP contribution >= 0.6 is 0 Å². The van der Waals surface area contributed by atoms with E-state index in [2.05, 4.69) is 21.1 Å². The van der Waals surface area contributed by atoms with E-state index in [1.807, 2.05) is 60.6 Å². The van der Waals surface area contributed by atoms with E-state index in [0.717, 1.165) is 50.2 Å². The number of hydrazone groups is 1. The summed E-state index contributed by atoms with van der Waals surface area (Å²) in [5.74, 6) is -0.0863. The molecule has 0 unspecified atom stereocenters. The molecule has 1 aromatic heterocycles. The van der Waals surface area contributed by atoms with Crippen molar-refractivity contribution >= 4 is 17.5 Å². The van der Waals surface area contributed by atoms with Gasteiger partial charge in [-0.25, -0.2) is 5.01 Å². The van der Waals surface area contributed by atoms with Gasteiger partial charge in [0.15, 0.2) is 0 Å². The number of piperidine rings is 1. The molecule has 0 bridgehead atoms. The molecule has 3 heterocycles. The highest BCUT2D eigenvalue weighted by Crippen LogP contribution is 2.19. The van der Waals surface area contributed by atoms with Crippen LogP contribution in [0.15, 0.2) is 59.8 Å². The third kappa shape index (κ3) is 5.59. The topological polar surface area (TPSA) is 69.1 Å². The minimum Gasteiger partial charge on any atom is -0.338 e. The van der Waals surface area contributed by atoms with Crippen molar-refractivity contribution in [2.45, 2.75) is 44.7 Å². The first kappa shape index (κ1) is 22.1. The molecule has 0 aliphatic carbocycles. The molecule has 0 saturated carbocycles. The van der Waals surface area contributed by atoms with Crippen LogP contribution in [0.25, 0.3) is 0 Å². The quantitative estimate of drug-likeness (QED) is 0.673. The molecule has 4 rings (SSSR count). The summed E-state index contributed by atoms with van der Waals surface area (Å²) in [5, 5.41) is 5.89. The Labute approximate surface area is 189 Å². The number of hydrogen-bond donors (Lipinski definition) is 0. The van der Waals surface area contributed by atoms with Crippen molar-refractivity contribution in [3.8, 4) is 0 Å². The fourth-order valence-electron chi connectivity index (χ4n) is 4.35. The average Bonchev–Trinajstić information content (AvgIpc) is 2.85. The van der Waals surface area contributed by atoms with Gasteiger partial charge in [0.1, 0.15) is 5.71 Å².